The number of halogens is 1. The van der Waals surface area contributed by atoms with Crippen LogP contribution in [-0.2, 0) is 11.4 Å². The second kappa shape index (κ2) is 8.84. The minimum Gasteiger partial charge on any atom is -0.488 e. The van der Waals surface area contributed by atoms with E-state index in [2.05, 4.69) is 9.97 Å². The summed E-state index contributed by atoms with van der Waals surface area (Å²) in [5.74, 6) is -0.838. The highest BCUT2D eigenvalue weighted by atomic mass is 32.2. The SMILES string of the molecule is O=C(O)/C(=C/c1ccccc1OCc1ccc(F)cc1)Sc1nc2ccccc2[nH]1. The summed E-state index contributed by atoms with van der Waals surface area (Å²) in [6.45, 7) is 0.240. The van der Waals surface area contributed by atoms with Gasteiger partial charge in [0.2, 0.25) is 0 Å². The van der Waals surface area contributed by atoms with Crippen LogP contribution >= 0.6 is 11.8 Å². The van der Waals surface area contributed by atoms with Crippen molar-refractivity contribution >= 4 is 34.8 Å². The van der Waals surface area contributed by atoms with E-state index in [4.69, 9.17) is 4.74 Å². The number of carboxylic acid groups (broad SMARTS) is 1. The van der Waals surface area contributed by atoms with Crippen molar-refractivity contribution in [2.75, 3.05) is 0 Å². The summed E-state index contributed by atoms with van der Waals surface area (Å²) in [6, 6.07) is 20.7. The van der Waals surface area contributed by atoms with Crippen LogP contribution in [0.1, 0.15) is 11.1 Å². The lowest BCUT2D eigenvalue weighted by atomic mass is 10.2. The third-order valence-electron chi connectivity index (χ3n) is 4.30. The van der Waals surface area contributed by atoms with Gasteiger partial charge in [-0.2, -0.15) is 0 Å². The van der Waals surface area contributed by atoms with Crippen molar-refractivity contribution in [2.45, 2.75) is 11.8 Å². The number of benzene rings is 3. The first-order chi connectivity index (χ1) is 14.6. The average Bonchev–Trinajstić information content (AvgIpc) is 3.16. The van der Waals surface area contributed by atoms with E-state index >= 15 is 0 Å². The highest BCUT2D eigenvalue weighted by molar-refractivity contribution is 8.04. The molecule has 3 aromatic carbocycles. The van der Waals surface area contributed by atoms with Crippen LogP contribution in [0.25, 0.3) is 17.1 Å². The Morgan fingerprint density at radius 3 is 2.57 bits per heavy atom. The molecule has 0 bridgehead atoms. The Morgan fingerprint density at radius 1 is 1.07 bits per heavy atom. The molecule has 4 aromatic rings. The van der Waals surface area contributed by atoms with Crippen molar-refractivity contribution in [2.24, 2.45) is 0 Å². The predicted octanol–water partition coefficient (Wildman–Crippen LogP) is 5.50. The minimum absolute atomic E-state index is 0.104. The lowest BCUT2D eigenvalue weighted by molar-refractivity contribution is -0.131. The van der Waals surface area contributed by atoms with Gasteiger partial charge in [-0.05, 0) is 53.7 Å². The number of imidazole rings is 1. The average molecular weight is 420 g/mol. The molecule has 1 aromatic heterocycles. The second-order valence-corrected chi connectivity index (χ2v) is 7.46. The molecule has 7 heteroatoms. The van der Waals surface area contributed by atoms with Crippen LogP contribution < -0.4 is 4.74 Å². The monoisotopic (exact) mass is 420 g/mol. The smallest absolute Gasteiger partial charge is 0.342 e. The van der Waals surface area contributed by atoms with E-state index in [0.29, 0.717) is 16.5 Å². The molecule has 0 aliphatic rings. The quantitative estimate of drug-likeness (QED) is 0.305. The maximum absolute atomic E-state index is 13.1. The number of aliphatic carboxylic acids is 1. The molecule has 0 amide bonds. The van der Waals surface area contributed by atoms with Crippen molar-refractivity contribution < 1.29 is 19.0 Å². The van der Waals surface area contributed by atoms with Gasteiger partial charge in [0.15, 0.2) is 5.16 Å². The molecular weight excluding hydrogens is 403 g/mol. The fourth-order valence-electron chi connectivity index (χ4n) is 2.83. The third kappa shape index (κ3) is 4.69. The summed E-state index contributed by atoms with van der Waals surface area (Å²) in [5.41, 5.74) is 3.05. The number of nitrogens with zero attached hydrogens (tertiary/aromatic N) is 1. The van der Waals surface area contributed by atoms with Gasteiger partial charge in [-0.1, -0.05) is 42.5 Å². The summed E-state index contributed by atoms with van der Waals surface area (Å²) >= 11 is 1.04. The Labute approximate surface area is 176 Å². The molecule has 0 fully saturated rings. The summed E-state index contributed by atoms with van der Waals surface area (Å²) in [5, 5.41) is 10.2. The van der Waals surface area contributed by atoms with Gasteiger partial charge in [-0.15, -0.1) is 0 Å². The molecule has 0 saturated carbocycles. The molecule has 150 valence electrons. The molecule has 4 rings (SSSR count). The highest BCUT2D eigenvalue weighted by Gasteiger charge is 2.14. The Bertz CT molecular complexity index is 1190. The molecule has 0 unspecified atom stereocenters. The van der Waals surface area contributed by atoms with Gasteiger partial charge in [0, 0.05) is 5.56 Å². The number of para-hydroxylation sites is 3. The fourth-order valence-corrected chi connectivity index (χ4v) is 3.62. The standard InChI is InChI=1S/C23H17FN2O3S/c24-17-11-9-15(10-12-17)14-29-20-8-4-1-5-16(20)13-21(22(27)28)30-23-25-18-6-2-3-7-19(18)26-23/h1-13H,14H2,(H,25,26)(H,27,28)/b21-13-. The fraction of sp³-hybridized carbons (Fsp3) is 0.0435. The number of ether oxygens (including phenoxy) is 1. The molecule has 2 N–H and O–H groups in total. The van der Waals surface area contributed by atoms with E-state index in [1.165, 1.54) is 12.1 Å². The molecule has 0 aliphatic heterocycles. The molecular formula is C23H17FN2O3S. The van der Waals surface area contributed by atoms with Gasteiger partial charge < -0.3 is 14.8 Å². The van der Waals surface area contributed by atoms with Gasteiger partial charge in [0.05, 0.1) is 11.0 Å². The minimum atomic E-state index is -1.06. The second-order valence-electron chi connectivity index (χ2n) is 6.43. The molecule has 30 heavy (non-hydrogen) atoms. The van der Waals surface area contributed by atoms with Crippen LogP contribution in [0.3, 0.4) is 0 Å². The zero-order valence-corrected chi connectivity index (χ0v) is 16.5. The molecule has 0 saturated heterocycles. The topological polar surface area (TPSA) is 75.2 Å². The Balaban J connectivity index is 1.57. The van der Waals surface area contributed by atoms with Gasteiger partial charge in [0.25, 0.3) is 0 Å². The predicted molar refractivity (Wildman–Crippen MR) is 115 cm³/mol. The van der Waals surface area contributed by atoms with E-state index in [0.717, 1.165) is 28.4 Å². The van der Waals surface area contributed by atoms with Gasteiger partial charge in [0.1, 0.15) is 23.1 Å². The van der Waals surface area contributed by atoms with Crippen molar-refractivity contribution in [1.29, 1.82) is 0 Å². The number of rotatable bonds is 7. The Hall–Kier alpha value is -3.58. The van der Waals surface area contributed by atoms with Crippen LogP contribution in [-0.4, -0.2) is 21.0 Å². The number of carbonyl (C=O) groups is 1. The van der Waals surface area contributed by atoms with Gasteiger partial charge >= 0.3 is 5.97 Å². The first kappa shape index (κ1) is 19.7. The van der Waals surface area contributed by atoms with Crippen molar-refractivity contribution in [1.82, 2.24) is 9.97 Å². The number of hydrogen-bond acceptors (Lipinski definition) is 4. The van der Waals surface area contributed by atoms with Crippen molar-refractivity contribution in [3.8, 4) is 5.75 Å². The number of thioether (sulfide) groups is 1. The van der Waals surface area contributed by atoms with Crippen LogP contribution in [0.15, 0.2) is 82.9 Å². The van der Waals surface area contributed by atoms with Crippen LogP contribution in [0.2, 0.25) is 0 Å². The van der Waals surface area contributed by atoms with Crippen molar-refractivity contribution in [3.63, 3.8) is 0 Å². The molecule has 0 aliphatic carbocycles. The maximum atomic E-state index is 13.1. The maximum Gasteiger partial charge on any atom is 0.342 e. The number of fused-ring (bicyclic) bond motifs is 1. The van der Waals surface area contributed by atoms with E-state index in [-0.39, 0.29) is 17.3 Å². The van der Waals surface area contributed by atoms with Gasteiger partial charge in [-0.3, -0.25) is 0 Å². The van der Waals surface area contributed by atoms with Crippen LogP contribution in [0.5, 0.6) is 5.75 Å². The number of nitrogens with one attached hydrogen (secondary N) is 1. The first-order valence-electron chi connectivity index (χ1n) is 9.12. The highest BCUT2D eigenvalue weighted by Crippen LogP contribution is 2.30. The van der Waals surface area contributed by atoms with E-state index in [9.17, 15) is 14.3 Å². The number of aromatic nitrogens is 2. The van der Waals surface area contributed by atoms with E-state index in [1.807, 2.05) is 36.4 Å². The third-order valence-corrected chi connectivity index (χ3v) is 5.20. The number of carboxylic acids is 1. The summed E-state index contributed by atoms with van der Waals surface area (Å²) in [6.07, 6.45) is 1.56. The van der Waals surface area contributed by atoms with Crippen molar-refractivity contribution in [3.05, 3.63) is 94.6 Å². The largest absolute Gasteiger partial charge is 0.488 e. The first-order valence-corrected chi connectivity index (χ1v) is 9.94. The lowest BCUT2D eigenvalue weighted by Crippen LogP contribution is -2.00. The van der Waals surface area contributed by atoms with Crippen LogP contribution in [0, 0.1) is 5.82 Å². The Morgan fingerprint density at radius 2 is 1.80 bits per heavy atom. The zero-order valence-electron chi connectivity index (χ0n) is 15.7. The van der Waals surface area contributed by atoms with Gasteiger partial charge in [-0.25, -0.2) is 14.2 Å². The summed E-state index contributed by atoms with van der Waals surface area (Å²) < 4.78 is 18.9. The molecule has 0 atom stereocenters. The van der Waals surface area contributed by atoms with E-state index < -0.39 is 5.97 Å². The molecule has 0 spiro atoms. The number of hydrogen-bond donors (Lipinski definition) is 2. The molecule has 1 heterocycles. The Kier molecular flexibility index (Phi) is 5.81. The summed E-state index contributed by atoms with van der Waals surface area (Å²) in [4.78, 5) is 19.5. The molecule has 5 nitrogen and oxygen atoms in total. The lowest BCUT2D eigenvalue weighted by Gasteiger charge is -2.10. The zero-order chi connectivity index (χ0) is 20.9. The number of aromatic amines is 1. The summed E-state index contributed by atoms with van der Waals surface area (Å²) in [7, 11) is 0. The normalized spacial score (nSPS) is 11.6. The van der Waals surface area contributed by atoms with E-state index in [1.54, 1.807) is 30.3 Å². The van der Waals surface area contributed by atoms with Crippen LogP contribution in [0.4, 0.5) is 4.39 Å². The number of H-pyrrole nitrogens is 1. The molecule has 0 radical (unpaired) electrons.